The van der Waals surface area contributed by atoms with Gasteiger partial charge < -0.3 is 23.4 Å². The van der Waals surface area contributed by atoms with E-state index in [0.717, 1.165) is 0 Å². The van der Waals surface area contributed by atoms with Crippen molar-refractivity contribution in [2.24, 2.45) is 28.6 Å². The molecule has 35 heavy (non-hydrogen) atoms. The summed E-state index contributed by atoms with van der Waals surface area (Å²) in [6.45, 7) is 4.68. The molecule has 0 radical (unpaired) electrons. The Morgan fingerprint density at radius 2 is 1.89 bits per heavy atom. The first kappa shape index (κ1) is 24.9. The molecule has 4 rings (SSSR count). The standard InChI is InChI=1S/C25H30O10/c1-13(26)34-17-10-16(21(28)31-4)24(2)8-7-15-22(29)35-18(11-25(15,3)20(24)19(17)27)23(30)33-12-14-6-5-9-32-14/h5-6,9,15-18,20H,7-8,10-12H2,1-4H3/t15-,16-,17-,18-,20-,24-,25-/m0/s1. The van der Waals surface area contributed by atoms with Crippen LogP contribution in [0.1, 0.15) is 52.2 Å². The lowest BCUT2D eigenvalue weighted by Gasteiger charge is -2.60. The number of fused-ring (bicyclic) bond motifs is 3. The van der Waals surface area contributed by atoms with E-state index in [4.69, 9.17) is 23.4 Å². The fourth-order valence-corrected chi connectivity index (χ4v) is 6.58. The van der Waals surface area contributed by atoms with Gasteiger partial charge in [0.05, 0.1) is 25.2 Å². The number of furan rings is 1. The largest absolute Gasteiger partial charge is 0.469 e. The maximum absolute atomic E-state index is 13.8. The Labute approximate surface area is 202 Å². The minimum absolute atomic E-state index is 0.0118. The molecule has 0 amide bonds. The highest BCUT2D eigenvalue weighted by Crippen LogP contribution is 2.64. The van der Waals surface area contributed by atoms with Gasteiger partial charge in [-0.2, -0.15) is 0 Å². The molecule has 1 aromatic heterocycles. The first-order valence-corrected chi connectivity index (χ1v) is 11.7. The van der Waals surface area contributed by atoms with E-state index in [1.165, 1.54) is 20.3 Å². The maximum atomic E-state index is 13.8. The molecule has 0 bridgehead atoms. The molecule has 1 saturated heterocycles. The zero-order chi connectivity index (χ0) is 25.5. The number of esters is 4. The van der Waals surface area contributed by atoms with E-state index in [9.17, 15) is 24.0 Å². The van der Waals surface area contributed by atoms with Crippen molar-refractivity contribution in [2.45, 2.75) is 65.3 Å². The molecule has 1 aromatic rings. The van der Waals surface area contributed by atoms with Crippen LogP contribution < -0.4 is 0 Å². The van der Waals surface area contributed by atoms with Crippen LogP contribution in [-0.2, 0) is 49.5 Å². The van der Waals surface area contributed by atoms with E-state index in [1.807, 2.05) is 6.92 Å². The normalized spacial score (nSPS) is 36.3. The van der Waals surface area contributed by atoms with Crippen molar-refractivity contribution in [3.05, 3.63) is 24.2 Å². The molecule has 3 aliphatic rings. The van der Waals surface area contributed by atoms with Crippen molar-refractivity contribution < 1.29 is 47.3 Å². The van der Waals surface area contributed by atoms with Gasteiger partial charge >= 0.3 is 23.9 Å². The summed E-state index contributed by atoms with van der Waals surface area (Å²) >= 11 is 0. The monoisotopic (exact) mass is 490 g/mol. The van der Waals surface area contributed by atoms with Crippen LogP contribution >= 0.6 is 0 Å². The summed E-state index contributed by atoms with van der Waals surface area (Å²) in [5.74, 6) is -4.62. The lowest BCUT2D eigenvalue weighted by molar-refractivity contribution is -0.214. The highest BCUT2D eigenvalue weighted by atomic mass is 16.6. The highest BCUT2D eigenvalue weighted by molar-refractivity contribution is 5.93. The van der Waals surface area contributed by atoms with Gasteiger partial charge in [0.1, 0.15) is 12.4 Å². The second kappa shape index (κ2) is 9.13. The van der Waals surface area contributed by atoms with Crippen molar-refractivity contribution in [3.63, 3.8) is 0 Å². The van der Waals surface area contributed by atoms with Gasteiger partial charge in [-0.05, 0) is 35.8 Å². The third kappa shape index (κ3) is 4.23. The Kier molecular flexibility index (Phi) is 6.50. The van der Waals surface area contributed by atoms with Crippen molar-refractivity contribution in [2.75, 3.05) is 7.11 Å². The zero-order valence-corrected chi connectivity index (χ0v) is 20.2. The molecule has 10 heteroatoms. The first-order chi connectivity index (χ1) is 16.5. The van der Waals surface area contributed by atoms with Crippen LogP contribution in [0.4, 0.5) is 0 Å². The lowest BCUT2D eigenvalue weighted by Crippen LogP contribution is -2.65. The molecule has 2 heterocycles. The summed E-state index contributed by atoms with van der Waals surface area (Å²) in [7, 11) is 1.27. The van der Waals surface area contributed by atoms with Crippen LogP contribution in [0.5, 0.6) is 0 Å². The van der Waals surface area contributed by atoms with E-state index in [-0.39, 0.29) is 25.2 Å². The summed E-state index contributed by atoms with van der Waals surface area (Å²) in [5.41, 5.74) is -1.88. The number of hydrogen-bond acceptors (Lipinski definition) is 10. The number of cyclic esters (lactones) is 1. The average Bonchev–Trinajstić information content (AvgIpc) is 3.31. The first-order valence-electron chi connectivity index (χ1n) is 11.7. The Balaban J connectivity index is 1.67. The van der Waals surface area contributed by atoms with Gasteiger partial charge in [0.2, 0.25) is 0 Å². The van der Waals surface area contributed by atoms with Gasteiger partial charge in [-0.1, -0.05) is 13.8 Å². The van der Waals surface area contributed by atoms with Gasteiger partial charge in [0.25, 0.3) is 0 Å². The molecule has 10 nitrogen and oxygen atoms in total. The van der Waals surface area contributed by atoms with Crippen LogP contribution in [0.2, 0.25) is 0 Å². The Morgan fingerprint density at radius 1 is 1.14 bits per heavy atom. The van der Waals surface area contributed by atoms with Gasteiger partial charge in [0.15, 0.2) is 18.0 Å². The van der Waals surface area contributed by atoms with Gasteiger partial charge in [-0.15, -0.1) is 0 Å². The number of Topliss-reactive ketones (excluding diaryl/α,β-unsaturated/α-hetero) is 1. The number of carbonyl (C=O) groups excluding carboxylic acids is 5. The highest BCUT2D eigenvalue weighted by Gasteiger charge is 2.68. The quantitative estimate of drug-likeness (QED) is 0.447. The summed E-state index contributed by atoms with van der Waals surface area (Å²) < 4.78 is 26.3. The van der Waals surface area contributed by atoms with E-state index >= 15 is 0 Å². The van der Waals surface area contributed by atoms with Crippen LogP contribution in [0.15, 0.2) is 22.8 Å². The zero-order valence-electron chi connectivity index (χ0n) is 20.2. The van der Waals surface area contributed by atoms with Crippen molar-refractivity contribution in [1.82, 2.24) is 0 Å². The van der Waals surface area contributed by atoms with Crippen LogP contribution in [0.25, 0.3) is 0 Å². The predicted molar refractivity (Wildman–Crippen MR) is 116 cm³/mol. The summed E-state index contributed by atoms with van der Waals surface area (Å²) in [4.78, 5) is 64.2. The second-order valence-corrected chi connectivity index (χ2v) is 10.2. The third-order valence-electron chi connectivity index (χ3n) is 8.10. The molecular weight excluding hydrogens is 460 g/mol. The molecule has 3 fully saturated rings. The van der Waals surface area contributed by atoms with Crippen LogP contribution in [0, 0.1) is 28.6 Å². The molecule has 2 saturated carbocycles. The lowest BCUT2D eigenvalue weighted by atomic mass is 9.43. The SMILES string of the molecule is COC(=O)[C@@H]1C[C@H](OC(C)=O)C(=O)[C@H]2[C@@]1(C)CC[C@H]1C(=O)O[C@H](C(=O)OCc3ccco3)C[C@]21C. The van der Waals surface area contributed by atoms with E-state index in [2.05, 4.69) is 0 Å². The fraction of sp³-hybridized carbons (Fsp3) is 0.640. The number of hydrogen-bond donors (Lipinski definition) is 0. The molecule has 0 spiro atoms. The van der Waals surface area contributed by atoms with Gasteiger partial charge in [-0.25, -0.2) is 4.79 Å². The molecule has 1 aliphatic heterocycles. The van der Waals surface area contributed by atoms with Gasteiger partial charge in [0, 0.05) is 25.7 Å². The number of methoxy groups -OCH3 is 1. The number of carbonyl (C=O) groups is 5. The maximum Gasteiger partial charge on any atom is 0.347 e. The van der Waals surface area contributed by atoms with Crippen molar-refractivity contribution >= 4 is 29.7 Å². The summed E-state index contributed by atoms with van der Waals surface area (Å²) in [6, 6.07) is 3.30. The molecule has 190 valence electrons. The molecule has 0 aromatic carbocycles. The second-order valence-electron chi connectivity index (χ2n) is 10.2. The van der Waals surface area contributed by atoms with E-state index < -0.39 is 64.7 Å². The van der Waals surface area contributed by atoms with Crippen molar-refractivity contribution in [1.29, 1.82) is 0 Å². The predicted octanol–water partition coefficient (Wildman–Crippen LogP) is 2.37. The van der Waals surface area contributed by atoms with Gasteiger partial charge in [-0.3, -0.25) is 19.2 Å². The summed E-state index contributed by atoms with van der Waals surface area (Å²) in [6.07, 6.45) is -0.0870. The summed E-state index contributed by atoms with van der Waals surface area (Å²) in [5, 5.41) is 0. The Morgan fingerprint density at radius 3 is 2.51 bits per heavy atom. The molecule has 2 aliphatic carbocycles. The molecule has 0 N–H and O–H groups in total. The third-order valence-corrected chi connectivity index (χ3v) is 8.10. The average molecular weight is 491 g/mol. The molecule has 7 atom stereocenters. The van der Waals surface area contributed by atoms with E-state index in [0.29, 0.717) is 18.6 Å². The minimum Gasteiger partial charge on any atom is -0.469 e. The molecule has 0 unspecified atom stereocenters. The van der Waals surface area contributed by atoms with E-state index in [1.54, 1.807) is 19.1 Å². The van der Waals surface area contributed by atoms with Crippen molar-refractivity contribution in [3.8, 4) is 0 Å². The Bertz CT molecular complexity index is 1030. The Hall–Kier alpha value is -3.17. The number of ether oxygens (including phenoxy) is 4. The fourth-order valence-electron chi connectivity index (χ4n) is 6.58. The topological polar surface area (TPSA) is 135 Å². The number of ketones is 1. The number of rotatable bonds is 5. The smallest absolute Gasteiger partial charge is 0.347 e. The molecular formula is C25H30O10. The van der Waals surface area contributed by atoms with Crippen LogP contribution in [0.3, 0.4) is 0 Å². The minimum atomic E-state index is -1.22. The van der Waals surface area contributed by atoms with Crippen LogP contribution in [-0.4, -0.2) is 49.0 Å².